The van der Waals surface area contributed by atoms with Crippen molar-refractivity contribution in [2.24, 2.45) is 0 Å². The minimum atomic E-state index is -2.08. The molecule has 0 aromatic heterocycles. The first-order chi connectivity index (χ1) is 13.2. The molecule has 0 fully saturated rings. The molecular weight excluding hydrogens is 308 g/mol. The van der Waals surface area contributed by atoms with Gasteiger partial charge in [-0.05, 0) is 24.6 Å². The van der Waals surface area contributed by atoms with Crippen molar-refractivity contribution >= 4 is 8.32 Å². The molecule has 0 N–H and O–H groups in total. The van der Waals surface area contributed by atoms with Gasteiger partial charge in [-0.1, -0.05) is 111 Å². The second-order valence-corrected chi connectivity index (χ2v) is 13.3. The van der Waals surface area contributed by atoms with Crippen LogP contribution in [0.25, 0.3) is 0 Å². The number of hydrogen-bond acceptors (Lipinski definition) is 1. The molecule has 0 aliphatic rings. The average Bonchev–Trinajstić information content (AvgIpc) is 2.59. The van der Waals surface area contributed by atoms with Crippen molar-refractivity contribution < 1.29 is 11.3 Å². The van der Waals surface area contributed by atoms with Gasteiger partial charge >= 0.3 is 0 Å². The molecule has 0 aliphatic heterocycles. The van der Waals surface area contributed by atoms with Gasteiger partial charge in [0.25, 0.3) is 0 Å². The first kappa shape index (κ1) is 16.4. The highest BCUT2D eigenvalue weighted by atomic mass is 28.4. The highest BCUT2D eigenvalue weighted by Gasteiger charge is 2.36. The van der Waals surface area contributed by atoms with E-state index in [9.17, 15) is 0 Å². The summed E-state index contributed by atoms with van der Waals surface area (Å²) < 4.78 is 46.9. The molecule has 0 aromatic carbocycles. The maximum atomic E-state index is 8.18. The minimum absolute atomic E-state index is 0.206. The van der Waals surface area contributed by atoms with Crippen molar-refractivity contribution in [3.63, 3.8) is 0 Å². The van der Waals surface area contributed by atoms with E-state index in [1.54, 1.807) is 0 Å². The zero-order valence-electron chi connectivity index (χ0n) is 22.5. The third-order valence-corrected chi connectivity index (χ3v) is 9.66. The molecule has 0 heterocycles. The average molecular weight is 362 g/mol. The highest BCUT2D eigenvalue weighted by molar-refractivity contribution is 6.74. The zero-order chi connectivity index (χ0) is 22.8. The van der Waals surface area contributed by atoms with Crippen LogP contribution in [0.15, 0.2) is 0 Å². The van der Waals surface area contributed by atoms with Crippen molar-refractivity contribution in [3.8, 4) is 0 Å². The molecule has 0 aliphatic carbocycles. The van der Waals surface area contributed by atoms with Crippen LogP contribution in [-0.2, 0) is 4.43 Å². The van der Waals surface area contributed by atoms with E-state index in [4.69, 9.17) is 11.3 Å². The first-order valence-corrected chi connectivity index (χ1v) is 13.2. The third kappa shape index (κ3) is 13.5. The Bertz CT molecular complexity index is 435. The van der Waals surface area contributed by atoms with Gasteiger partial charge in [-0.3, -0.25) is 0 Å². The van der Waals surface area contributed by atoms with E-state index < -0.39 is 27.5 Å². The van der Waals surface area contributed by atoms with Crippen molar-refractivity contribution in [1.82, 2.24) is 0 Å². The smallest absolute Gasteiger partial charge is 0.191 e. The lowest BCUT2D eigenvalue weighted by Crippen LogP contribution is -2.40. The normalized spacial score (nSPS) is 18.3. The summed E-state index contributed by atoms with van der Waals surface area (Å²) >= 11 is 0. The summed E-state index contributed by atoms with van der Waals surface area (Å²) in [6.07, 6.45) is 4.48. The predicted molar refractivity (Wildman–Crippen MR) is 113 cm³/mol. The molecule has 0 amide bonds. The first-order valence-electron chi connectivity index (χ1n) is 12.8. The summed E-state index contributed by atoms with van der Waals surface area (Å²) in [6.45, 7) is 14.3. The fraction of sp³-hybridized carbons (Fsp3) is 1.00. The van der Waals surface area contributed by atoms with Crippen LogP contribution in [-0.4, -0.2) is 14.9 Å². The molecule has 0 saturated carbocycles. The van der Waals surface area contributed by atoms with E-state index in [2.05, 4.69) is 40.8 Å². The third-order valence-electron chi connectivity index (χ3n) is 5.12. The predicted octanol–water partition coefficient (Wildman–Crippen LogP) is 8.49. The lowest BCUT2D eigenvalue weighted by atomic mass is 10.0. The van der Waals surface area contributed by atoms with E-state index in [-0.39, 0.29) is 11.5 Å². The van der Waals surface area contributed by atoms with E-state index in [1.807, 2.05) is 0 Å². The lowest BCUT2D eigenvalue weighted by molar-refractivity contribution is 0.277. The Hall–Kier alpha value is 0.177. The van der Waals surface area contributed by atoms with Gasteiger partial charge in [-0.15, -0.1) is 0 Å². The van der Waals surface area contributed by atoms with Crippen LogP contribution < -0.4 is 0 Å². The molecule has 0 saturated heterocycles. The van der Waals surface area contributed by atoms with Gasteiger partial charge in [0.1, 0.15) is 0 Å². The Morgan fingerprint density at radius 2 is 1.29 bits per heavy atom. The molecule has 0 spiro atoms. The molecule has 1 atom stereocenters. The standard InChI is InChI=1S/C22H48OSi/c1-7-8-9-10-11-12-13-14-15-16-17-18-19-20-21-23-24(5,6)22(2,3)4/h7-21H2,1-6H3/i11D,12D2,13D2/t11-/m0/s1. The zero-order valence-corrected chi connectivity index (χ0v) is 18.5. The van der Waals surface area contributed by atoms with Crippen molar-refractivity contribution in [2.75, 3.05) is 6.61 Å². The summed E-state index contributed by atoms with van der Waals surface area (Å²) in [5.41, 5.74) is 0. The van der Waals surface area contributed by atoms with E-state index in [0.29, 0.717) is 12.8 Å². The van der Waals surface area contributed by atoms with E-state index in [0.717, 1.165) is 58.0 Å². The molecule has 0 rings (SSSR count). The summed E-state index contributed by atoms with van der Waals surface area (Å²) in [5.74, 6) is 0. The largest absolute Gasteiger partial charge is 0.417 e. The molecule has 2 heteroatoms. The number of hydrogen-bond donors (Lipinski definition) is 0. The van der Waals surface area contributed by atoms with Gasteiger partial charge in [-0.2, -0.15) is 0 Å². The fourth-order valence-electron chi connectivity index (χ4n) is 2.28. The second-order valence-electron chi connectivity index (χ2n) is 8.50. The Morgan fingerprint density at radius 3 is 1.88 bits per heavy atom. The topological polar surface area (TPSA) is 9.23 Å². The van der Waals surface area contributed by atoms with Gasteiger partial charge in [0, 0.05) is 13.5 Å². The second kappa shape index (κ2) is 14.4. The Kier molecular flexibility index (Phi) is 9.79. The maximum absolute atomic E-state index is 8.18. The number of unbranched alkanes of at least 4 members (excludes halogenated alkanes) is 7. The van der Waals surface area contributed by atoms with Crippen LogP contribution in [0.5, 0.6) is 0 Å². The van der Waals surface area contributed by atoms with Crippen LogP contribution in [0, 0.1) is 0 Å². The van der Waals surface area contributed by atoms with Crippen LogP contribution in [0.3, 0.4) is 0 Å². The van der Waals surface area contributed by atoms with Gasteiger partial charge in [0.15, 0.2) is 8.32 Å². The Labute approximate surface area is 162 Å². The molecular formula is C22H48OSi. The molecule has 0 radical (unpaired) electrons. The summed E-state index contributed by atoms with van der Waals surface area (Å²) in [4.78, 5) is 0. The summed E-state index contributed by atoms with van der Waals surface area (Å²) in [7, 11) is -1.64. The van der Waals surface area contributed by atoms with Gasteiger partial charge in [0.05, 0.1) is 0 Å². The Morgan fingerprint density at radius 1 is 0.750 bits per heavy atom. The van der Waals surface area contributed by atoms with Crippen LogP contribution in [0.2, 0.25) is 18.1 Å². The van der Waals surface area contributed by atoms with Crippen LogP contribution in [0.1, 0.15) is 124 Å². The van der Waals surface area contributed by atoms with Crippen molar-refractivity contribution in [1.29, 1.82) is 0 Å². The van der Waals surface area contributed by atoms with Crippen LogP contribution in [0.4, 0.5) is 0 Å². The maximum Gasteiger partial charge on any atom is 0.191 e. The minimum Gasteiger partial charge on any atom is -0.417 e. The number of rotatable bonds is 16. The van der Waals surface area contributed by atoms with Crippen LogP contribution >= 0.6 is 0 Å². The molecule has 1 nitrogen and oxygen atoms in total. The van der Waals surface area contributed by atoms with Crippen molar-refractivity contribution in [2.45, 2.75) is 136 Å². The Balaban J connectivity index is 4.01. The molecule has 0 aromatic rings. The van der Waals surface area contributed by atoms with E-state index in [1.165, 1.54) is 0 Å². The van der Waals surface area contributed by atoms with Gasteiger partial charge in [0.2, 0.25) is 0 Å². The monoisotopic (exact) mass is 361 g/mol. The van der Waals surface area contributed by atoms with Gasteiger partial charge < -0.3 is 4.43 Å². The fourth-order valence-corrected chi connectivity index (χ4v) is 3.37. The SMILES string of the molecule is [2H][C@@H](CCCCC)C([2H])([2H])C([2H])([2H])CCCCCCCCO[Si](C)(C)C(C)(C)C. The van der Waals surface area contributed by atoms with Crippen molar-refractivity contribution in [3.05, 3.63) is 0 Å². The molecule has 24 heavy (non-hydrogen) atoms. The highest BCUT2D eigenvalue weighted by Crippen LogP contribution is 2.36. The molecule has 0 bridgehead atoms. The van der Waals surface area contributed by atoms with Gasteiger partial charge in [-0.25, -0.2) is 0 Å². The molecule has 0 unspecified atom stereocenters. The van der Waals surface area contributed by atoms with E-state index >= 15 is 0 Å². The summed E-state index contributed by atoms with van der Waals surface area (Å²) in [6, 6.07) is 0. The quantitative estimate of drug-likeness (QED) is 0.198. The summed E-state index contributed by atoms with van der Waals surface area (Å²) in [5, 5.41) is 0.255. The molecule has 146 valence electrons. The lowest BCUT2D eigenvalue weighted by Gasteiger charge is -2.36.